The van der Waals surface area contributed by atoms with Crippen LogP contribution in [0.3, 0.4) is 0 Å². The predicted octanol–water partition coefficient (Wildman–Crippen LogP) is 3.82. The molecule has 3 aromatic rings. The number of carbonyl (C=O) groups is 2. The van der Waals surface area contributed by atoms with Crippen LogP contribution in [0.25, 0.3) is 11.1 Å². The van der Waals surface area contributed by atoms with Crippen LogP contribution in [0.2, 0.25) is 0 Å². The molecule has 1 aromatic heterocycles. The summed E-state index contributed by atoms with van der Waals surface area (Å²) in [4.78, 5) is 23.7. The van der Waals surface area contributed by atoms with E-state index < -0.39 is 11.4 Å². The first-order valence-electron chi connectivity index (χ1n) is 11.0. The lowest BCUT2D eigenvalue weighted by atomic mass is 9.79. The lowest BCUT2D eigenvalue weighted by Crippen LogP contribution is -2.46. The lowest BCUT2D eigenvalue weighted by Gasteiger charge is -2.34. The van der Waals surface area contributed by atoms with Crippen LogP contribution in [0.15, 0.2) is 52.9 Å². The van der Waals surface area contributed by atoms with Gasteiger partial charge >= 0.3 is 0 Å². The van der Waals surface area contributed by atoms with Crippen molar-refractivity contribution in [3.8, 4) is 11.1 Å². The number of hydrogen-bond acceptors (Lipinski definition) is 5. The second-order valence-corrected chi connectivity index (χ2v) is 8.44. The molecule has 4 rings (SSSR count). The van der Waals surface area contributed by atoms with Gasteiger partial charge in [-0.1, -0.05) is 68.3 Å². The summed E-state index contributed by atoms with van der Waals surface area (Å²) in [5, 5.41) is 11.4. The van der Waals surface area contributed by atoms with E-state index in [-0.39, 0.29) is 24.1 Å². The molecule has 0 saturated carbocycles. The second kappa shape index (κ2) is 8.94. The van der Waals surface area contributed by atoms with Crippen molar-refractivity contribution in [1.29, 1.82) is 0 Å². The number of benzene rings is 2. The van der Waals surface area contributed by atoms with Gasteiger partial charge in [0.1, 0.15) is 12.0 Å². The molecule has 1 heterocycles. The van der Waals surface area contributed by atoms with Gasteiger partial charge in [-0.3, -0.25) is 9.59 Å². The van der Waals surface area contributed by atoms with Gasteiger partial charge in [-0.25, -0.2) is 0 Å². The number of nitrogens with zero attached hydrogens (tertiary/aromatic N) is 2. The Bertz CT molecular complexity index is 1090. The highest BCUT2D eigenvalue weighted by atomic mass is 16.4. The minimum Gasteiger partial charge on any atom is -0.422 e. The lowest BCUT2D eigenvalue weighted by molar-refractivity contribution is -0.122. The van der Waals surface area contributed by atoms with Crippen molar-refractivity contribution in [3.63, 3.8) is 0 Å². The van der Waals surface area contributed by atoms with Gasteiger partial charge < -0.3 is 15.5 Å². The number of unbranched alkanes of at least 4 members (excludes halogenated alkanes) is 1. The van der Waals surface area contributed by atoms with Crippen molar-refractivity contribution < 1.29 is 14.0 Å². The second-order valence-electron chi connectivity index (χ2n) is 8.44. The largest absolute Gasteiger partial charge is 0.422 e. The number of aromatic nitrogens is 2. The molecule has 0 fully saturated rings. The van der Waals surface area contributed by atoms with E-state index in [1.54, 1.807) is 0 Å². The van der Waals surface area contributed by atoms with Crippen LogP contribution in [0, 0.1) is 0 Å². The molecular formula is C25H28N4O3. The topological polar surface area (TPSA) is 111 Å². The summed E-state index contributed by atoms with van der Waals surface area (Å²) in [7, 11) is 0. The Labute approximate surface area is 187 Å². The number of amides is 2. The Hall–Kier alpha value is -3.48. The third kappa shape index (κ3) is 4.15. The van der Waals surface area contributed by atoms with E-state index in [9.17, 15) is 9.59 Å². The average molecular weight is 433 g/mol. The van der Waals surface area contributed by atoms with Gasteiger partial charge in [0.05, 0.1) is 0 Å². The summed E-state index contributed by atoms with van der Waals surface area (Å²) in [6.07, 6.45) is 2.89. The fourth-order valence-electron chi connectivity index (χ4n) is 4.77. The van der Waals surface area contributed by atoms with Gasteiger partial charge in [-0.05, 0) is 35.1 Å². The van der Waals surface area contributed by atoms with E-state index in [0.717, 1.165) is 12.8 Å². The molecule has 0 saturated heterocycles. The van der Waals surface area contributed by atoms with Crippen LogP contribution in [0.4, 0.5) is 0 Å². The smallest absolute Gasteiger partial charge is 0.241 e. The van der Waals surface area contributed by atoms with Crippen molar-refractivity contribution in [3.05, 3.63) is 71.4 Å². The maximum Gasteiger partial charge on any atom is 0.241 e. The molecule has 0 radical (unpaired) electrons. The van der Waals surface area contributed by atoms with Gasteiger partial charge in [-0.15, -0.1) is 10.2 Å². The van der Waals surface area contributed by atoms with Gasteiger partial charge in [0.25, 0.3) is 0 Å². The molecule has 1 atom stereocenters. The molecule has 0 aliphatic heterocycles. The van der Waals surface area contributed by atoms with Gasteiger partial charge in [-0.2, -0.15) is 0 Å². The zero-order valence-corrected chi connectivity index (χ0v) is 18.4. The van der Waals surface area contributed by atoms with Crippen molar-refractivity contribution >= 4 is 11.8 Å². The molecule has 2 amide bonds. The summed E-state index contributed by atoms with van der Waals surface area (Å²) in [6, 6.07) is 16.7. The van der Waals surface area contributed by atoms with Crippen LogP contribution in [-0.4, -0.2) is 22.0 Å². The first-order chi connectivity index (χ1) is 15.4. The monoisotopic (exact) mass is 432 g/mol. The van der Waals surface area contributed by atoms with Gasteiger partial charge in [0, 0.05) is 12.8 Å². The highest BCUT2D eigenvalue weighted by molar-refractivity contribution is 5.79. The molecule has 0 unspecified atom stereocenters. The Morgan fingerprint density at radius 3 is 2.25 bits per heavy atom. The minimum atomic E-state index is -0.861. The zero-order valence-electron chi connectivity index (χ0n) is 18.4. The van der Waals surface area contributed by atoms with E-state index in [1.807, 2.05) is 24.3 Å². The Morgan fingerprint density at radius 1 is 1.06 bits per heavy atom. The Balaban J connectivity index is 1.81. The van der Waals surface area contributed by atoms with Crippen LogP contribution in [0.1, 0.15) is 68.4 Å². The van der Waals surface area contributed by atoms with E-state index in [4.69, 9.17) is 10.2 Å². The van der Waals surface area contributed by atoms with Crippen LogP contribution >= 0.6 is 0 Å². The number of carbonyl (C=O) groups excluding carboxylic acids is 2. The molecular weight excluding hydrogens is 404 g/mol. The molecule has 0 bridgehead atoms. The molecule has 32 heavy (non-hydrogen) atoms. The number of fused-ring (bicyclic) bond motifs is 3. The number of rotatable bonds is 9. The maximum absolute atomic E-state index is 12.4. The first-order valence-corrected chi connectivity index (χ1v) is 11.0. The van der Waals surface area contributed by atoms with E-state index in [0.29, 0.717) is 18.7 Å². The van der Waals surface area contributed by atoms with Crippen LogP contribution in [-0.2, 0) is 21.5 Å². The van der Waals surface area contributed by atoms with E-state index in [1.165, 1.54) is 29.2 Å². The summed E-state index contributed by atoms with van der Waals surface area (Å²) in [5.74, 6) is -0.185. The van der Waals surface area contributed by atoms with Crippen molar-refractivity contribution in [2.75, 3.05) is 0 Å². The standard InChI is InChI=1S/C25H28N4O3/c1-3-4-13-25(27-16(2)30,24-29-28-23(32-24)14-22(26)31)15-21-19-11-7-5-9-17(19)18-10-6-8-12-20(18)21/h5-12,21H,3-4,13-15H2,1-2H3,(H2,26,31)(H,27,30)/t25-/m0/s1. The molecule has 166 valence electrons. The fraction of sp³-hybridized carbons (Fsp3) is 0.360. The van der Waals surface area contributed by atoms with Crippen molar-refractivity contribution in [1.82, 2.24) is 15.5 Å². The van der Waals surface area contributed by atoms with Crippen LogP contribution < -0.4 is 11.1 Å². The fourth-order valence-corrected chi connectivity index (χ4v) is 4.77. The molecule has 0 spiro atoms. The minimum absolute atomic E-state index is 0.0533. The Morgan fingerprint density at radius 2 is 1.69 bits per heavy atom. The molecule has 7 nitrogen and oxygen atoms in total. The number of hydrogen-bond donors (Lipinski definition) is 2. The number of primary amides is 1. The number of nitrogens with one attached hydrogen (secondary N) is 1. The third-order valence-corrected chi connectivity index (χ3v) is 6.09. The average Bonchev–Trinajstić information content (AvgIpc) is 3.35. The highest BCUT2D eigenvalue weighted by Gasteiger charge is 2.43. The quantitative estimate of drug-likeness (QED) is 0.534. The third-order valence-electron chi connectivity index (χ3n) is 6.09. The summed E-state index contributed by atoms with van der Waals surface area (Å²) < 4.78 is 5.91. The maximum atomic E-state index is 12.4. The van der Waals surface area contributed by atoms with Crippen molar-refractivity contribution in [2.24, 2.45) is 5.73 Å². The SMILES string of the molecule is CCCC[C@@](CC1c2ccccc2-c2ccccc21)(NC(C)=O)c1nnc(CC(N)=O)o1. The summed E-state index contributed by atoms with van der Waals surface area (Å²) in [6.45, 7) is 3.60. The normalized spacial score (nSPS) is 14.4. The molecule has 1 aliphatic carbocycles. The Kier molecular flexibility index (Phi) is 6.08. The van der Waals surface area contributed by atoms with Crippen molar-refractivity contribution in [2.45, 2.75) is 57.4 Å². The molecule has 7 heteroatoms. The molecule has 2 aromatic carbocycles. The van der Waals surface area contributed by atoms with E-state index >= 15 is 0 Å². The number of nitrogens with two attached hydrogens (primary N) is 1. The highest BCUT2D eigenvalue weighted by Crippen LogP contribution is 2.50. The predicted molar refractivity (Wildman–Crippen MR) is 121 cm³/mol. The summed E-state index contributed by atoms with van der Waals surface area (Å²) >= 11 is 0. The molecule has 1 aliphatic rings. The zero-order chi connectivity index (χ0) is 22.7. The van der Waals surface area contributed by atoms with Gasteiger partial charge in [0.2, 0.25) is 23.6 Å². The first kappa shape index (κ1) is 21.7. The summed E-state index contributed by atoms with van der Waals surface area (Å²) in [5.41, 5.74) is 9.30. The van der Waals surface area contributed by atoms with Gasteiger partial charge in [0.15, 0.2) is 0 Å². The van der Waals surface area contributed by atoms with E-state index in [2.05, 4.69) is 46.7 Å². The van der Waals surface area contributed by atoms with Crippen LogP contribution in [0.5, 0.6) is 0 Å². The molecule has 3 N–H and O–H groups in total.